The summed E-state index contributed by atoms with van der Waals surface area (Å²) in [5.41, 5.74) is 4.01. The lowest BCUT2D eigenvalue weighted by Crippen LogP contribution is -2.00. The number of fused-ring (bicyclic) bond motifs is 7. The van der Waals surface area contributed by atoms with Gasteiger partial charge >= 0.3 is 0 Å². The van der Waals surface area contributed by atoms with Gasteiger partial charge in [-0.25, -0.2) is 9.97 Å². The van der Waals surface area contributed by atoms with Crippen LogP contribution in [0.25, 0.3) is 59.0 Å². The van der Waals surface area contributed by atoms with Gasteiger partial charge in [-0.15, -0.1) is 11.3 Å². The van der Waals surface area contributed by atoms with Crippen LogP contribution < -0.4 is 0 Å². The molecule has 4 nitrogen and oxygen atoms in total. The van der Waals surface area contributed by atoms with Gasteiger partial charge in [0.05, 0.1) is 22.1 Å². The number of nitrogens with zero attached hydrogens (tertiary/aromatic N) is 4. The SMILES string of the molecule is c1ccc2nc(-n3c4cc5sc6ccccc6c5cc4c4ncccc43)ncc2c1. The number of rotatable bonds is 1. The van der Waals surface area contributed by atoms with Crippen LogP contribution in [0.4, 0.5) is 0 Å². The molecule has 4 aromatic heterocycles. The maximum atomic E-state index is 4.87. The highest BCUT2D eigenvalue weighted by atomic mass is 32.1. The molecule has 30 heavy (non-hydrogen) atoms. The van der Waals surface area contributed by atoms with Crippen molar-refractivity contribution in [3.63, 3.8) is 0 Å². The molecule has 4 heterocycles. The average molecular weight is 402 g/mol. The molecule has 0 saturated heterocycles. The molecule has 0 bridgehead atoms. The summed E-state index contributed by atoms with van der Waals surface area (Å²) in [7, 11) is 0. The Bertz CT molecular complexity index is 1760. The number of hydrogen-bond donors (Lipinski definition) is 0. The zero-order valence-electron chi connectivity index (χ0n) is 15.8. The molecule has 0 radical (unpaired) electrons. The summed E-state index contributed by atoms with van der Waals surface area (Å²) < 4.78 is 4.69. The fourth-order valence-corrected chi connectivity index (χ4v) is 5.46. The Morgan fingerprint density at radius 1 is 0.700 bits per heavy atom. The van der Waals surface area contributed by atoms with Gasteiger partial charge in [-0.1, -0.05) is 36.4 Å². The van der Waals surface area contributed by atoms with Gasteiger partial charge in [0.15, 0.2) is 0 Å². The standard InChI is InChI=1S/C25H14N4S/c1-3-8-19-15(6-1)14-27-25(28-19)29-20-9-5-11-26-24(20)18-12-17-16-7-2-4-10-22(16)30-23(17)13-21(18)29/h1-14H. The fourth-order valence-electron chi connectivity index (χ4n) is 4.34. The van der Waals surface area contributed by atoms with Crippen molar-refractivity contribution >= 4 is 64.3 Å². The van der Waals surface area contributed by atoms with E-state index in [0.717, 1.165) is 32.8 Å². The van der Waals surface area contributed by atoms with Gasteiger partial charge in [0.1, 0.15) is 0 Å². The normalized spacial score (nSPS) is 12.0. The third kappa shape index (κ3) is 2.12. The molecule has 0 N–H and O–H groups in total. The van der Waals surface area contributed by atoms with Crippen LogP contribution in [0.3, 0.4) is 0 Å². The van der Waals surface area contributed by atoms with Gasteiger partial charge < -0.3 is 0 Å². The highest BCUT2D eigenvalue weighted by molar-refractivity contribution is 7.25. The third-order valence-corrected chi connectivity index (χ3v) is 6.83. The molecule has 140 valence electrons. The summed E-state index contributed by atoms with van der Waals surface area (Å²) in [5, 5.41) is 4.72. The number of hydrogen-bond acceptors (Lipinski definition) is 4. The van der Waals surface area contributed by atoms with Crippen molar-refractivity contribution < 1.29 is 0 Å². The van der Waals surface area contributed by atoms with Gasteiger partial charge in [-0.05, 0) is 36.4 Å². The van der Waals surface area contributed by atoms with Crippen molar-refractivity contribution in [1.29, 1.82) is 0 Å². The van der Waals surface area contributed by atoms with Crippen molar-refractivity contribution in [2.75, 3.05) is 0 Å². The second kappa shape index (κ2) is 5.84. The maximum Gasteiger partial charge on any atom is 0.235 e. The van der Waals surface area contributed by atoms with E-state index in [9.17, 15) is 0 Å². The van der Waals surface area contributed by atoms with Crippen molar-refractivity contribution in [3.8, 4) is 5.95 Å². The van der Waals surface area contributed by atoms with Crippen molar-refractivity contribution in [2.24, 2.45) is 0 Å². The van der Waals surface area contributed by atoms with Crippen LogP contribution in [0.1, 0.15) is 0 Å². The van der Waals surface area contributed by atoms with E-state index < -0.39 is 0 Å². The van der Waals surface area contributed by atoms with Gasteiger partial charge in [0, 0.05) is 43.3 Å². The first-order chi connectivity index (χ1) is 14.9. The minimum absolute atomic E-state index is 0.669. The van der Waals surface area contributed by atoms with Gasteiger partial charge in [-0.2, -0.15) is 0 Å². The van der Waals surface area contributed by atoms with Crippen LogP contribution >= 0.6 is 11.3 Å². The molecule has 7 rings (SSSR count). The molecule has 7 aromatic rings. The lowest BCUT2D eigenvalue weighted by atomic mass is 10.1. The van der Waals surface area contributed by atoms with Gasteiger partial charge in [-0.3, -0.25) is 9.55 Å². The van der Waals surface area contributed by atoms with E-state index in [2.05, 4.69) is 47.0 Å². The zero-order valence-corrected chi connectivity index (χ0v) is 16.6. The van der Waals surface area contributed by atoms with Crippen LogP contribution in [0.5, 0.6) is 0 Å². The molecule has 0 unspecified atom stereocenters. The number of thiophene rings is 1. The molecular weight excluding hydrogens is 388 g/mol. The Morgan fingerprint density at radius 2 is 1.60 bits per heavy atom. The summed E-state index contributed by atoms with van der Waals surface area (Å²) in [4.78, 5) is 14.3. The van der Waals surface area contributed by atoms with Crippen molar-refractivity contribution in [1.82, 2.24) is 19.5 Å². The predicted octanol–water partition coefficient (Wildman–Crippen LogP) is 6.49. The quantitative estimate of drug-likeness (QED) is 0.315. The highest BCUT2D eigenvalue weighted by Gasteiger charge is 2.17. The second-order valence-corrected chi connectivity index (χ2v) is 8.48. The molecule has 0 amide bonds. The first-order valence-corrected chi connectivity index (χ1v) is 10.6. The number of aromatic nitrogens is 4. The molecule has 0 aliphatic heterocycles. The summed E-state index contributed by atoms with van der Waals surface area (Å²) in [6.45, 7) is 0. The molecule has 3 aromatic carbocycles. The Kier molecular flexibility index (Phi) is 3.12. The Balaban J connectivity index is 1.65. The number of benzene rings is 3. The molecule has 0 atom stereocenters. The van der Waals surface area contributed by atoms with Crippen molar-refractivity contribution in [2.45, 2.75) is 0 Å². The topological polar surface area (TPSA) is 43.6 Å². The van der Waals surface area contributed by atoms with E-state index >= 15 is 0 Å². The van der Waals surface area contributed by atoms with E-state index in [1.807, 2.05) is 54.1 Å². The Hall–Kier alpha value is -3.83. The van der Waals surface area contributed by atoms with Crippen LogP contribution in [0.15, 0.2) is 85.2 Å². The van der Waals surface area contributed by atoms with E-state index in [4.69, 9.17) is 15.0 Å². The van der Waals surface area contributed by atoms with E-state index in [1.165, 1.54) is 20.2 Å². The molecule has 0 spiro atoms. The Morgan fingerprint density at radius 3 is 2.60 bits per heavy atom. The van der Waals surface area contributed by atoms with E-state index in [1.54, 1.807) is 0 Å². The molecule has 5 heteroatoms. The fraction of sp³-hybridized carbons (Fsp3) is 0. The first kappa shape index (κ1) is 16.0. The lowest BCUT2D eigenvalue weighted by Gasteiger charge is -2.06. The average Bonchev–Trinajstić information content (AvgIpc) is 3.32. The monoisotopic (exact) mass is 402 g/mol. The molecule has 0 fully saturated rings. The molecule has 0 aliphatic carbocycles. The highest BCUT2D eigenvalue weighted by Crippen LogP contribution is 2.39. The van der Waals surface area contributed by atoms with Crippen molar-refractivity contribution in [3.05, 3.63) is 85.2 Å². The second-order valence-electron chi connectivity index (χ2n) is 7.40. The number of pyridine rings is 1. The van der Waals surface area contributed by atoms with Crippen LogP contribution in [-0.4, -0.2) is 19.5 Å². The van der Waals surface area contributed by atoms with Gasteiger partial charge in [0.25, 0.3) is 0 Å². The largest absolute Gasteiger partial charge is 0.276 e. The minimum Gasteiger partial charge on any atom is -0.276 e. The Labute approximate surface area is 175 Å². The zero-order chi connectivity index (χ0) is 19.7. The lowest BCUT2D eigenvalue weighted by molar-refractivity contribution is 1.01. The molecular formula is C25H14N4S. The van der Waals surface area contributed by atoms with Crippen LogP contribution in [0, 0.1) is 0 Å². The van der Waals surface area contributed by atoms with Crippen LogP contribution in [0.2, 0.25) is 0 Å². The summed E-state index contributed by atoms with van der Waals surface area (Å²) >= 11 is 1.82. The predicted molar refractivity (Wildman–Crippen MR) is 125 cm³/mol. The van der Waals surface area contributed by atoms with Gasteiger partial charge in [0.2, 0.25) is 5.95 Å². The molecule has 0 saturated carbocycles. The summed E-state index contributed by atoms with van der Waals surface area (Å²) in [5.74, 6) is 0.669. The smallest absolute Gasteiger partial charge is 0.235 e. The third-order valence-electron chi connectivity index (χ3n) is 5.69. The minimum atomic E-state index is 0.669. The van der Waals surface area contributed by atoms with E-state index in [-0.39, 0.29) is 0 Å². The van der Waals surface area contributed by atoms with E-state index in [0.29, 0.717) is 5.95 Å². The van der Waals surface area contributed by atoms with Crippen LogP contribution in [-0.2, 0) is 0 Å². The number of para-hydroxylation sites is 1. The summed E-state index contributed by atoms with van der Waals surface area (Å²) in [6.07, 6.45) is 3.74. The summed E-state index contributed by atoms with van der Waals surface area (Å²) in [6, 6.07) is 25.2. The maximum absolute atomic E-state index is 4.87. The molecule has 0 aliphatic rings. The first-order valence-electron chi connectivity index (χ1n) is 9.79.